The van der Waals surface area contributed by atoms with Crippen molar-refractivity contribution < 1.29 is 4.42 Å². The molecule has 0 bridgehead atoms. The summed E-state index contributed by atoms with van der Waals surface area (Å²) >= 11 is 0. The van der Waals surface area contributed by atoms with Gasteiger partial charge in [-0.15, -0.1) is 0 Å². The maximum atomic E-state index is 6.76. The fourth-order valence-corrected chi connectivity index (χ4v) is 9.47. The van der Waals surface area contributed by atoms with Crippen molar-refractivity contribution in [3.05, 3.63) is 194 Å². The Kier molecular flexibility index (Phi) is 6.40. The van der Waals surface area contributed by atoms with Crippen molar-refractivity contribution in [3.63, 3.8) is 0 Å². The van der Waals surface area contributed by atoms with Crippen molar-refractivity contribution in [1.29, 1.82) is 0 Å². The van der Waals surface area contributed by atoms with Gasteiger partial charge in [-0.25, -0.2) is 0 Å². The fourth-order valence-electron chi connectivity index (χ4n) is 9.47. The Morgan fingerprint density at radius 3 is 1.47 bits per heavy atom. The summed E-state index contributed by atoms with van der Waals surface area (Å²) < 4.78 is 6.76. The van der Waals surface area contributed by atoms with Crippen molar-refractivity contribution in [2.24, 2.45) is 0 Å². The summed E-state index contributed by atoms with van der Waals surface area (Å²) in [5.74, 6) is 0. The van der Waals surface area contributed by atoms with Crippen LogP contribution in [0.5, 0.6) is 0 Å². The summed E-state index contributed by atoms with van der Waals surface area (Å²) in [6.45, 7) is 0. The van der Waals surface area contributed by atoms with Crippen LogP contribution in [0.4, 0.5) is 0 Å². The molecule has 0 spiro atoms. The average Bonchev–Trinajstić information content (AvgIpc) is 3.64. The van der Waals surface area contributed by atoms with Gasteiger partial charge in [-0.1, -0.05) is 170 Å². The zero-order valence-corrected chi connectivity index (χ0v) is 29.9. The van der Waals surface area contributed by atoms with Crippen molar-refractivity contribution in [2.75, 3.05) is 0 Å². The van der Waals surface area contributed by atoms with Crippen LogP contribution in [0.3, 0.4) is 0 Å². The molecule has 55 heavy (non-hydrogen) atoms. The fraction of sp³-hybridized carbons (Fsp3) is 0. The molecule has 12 aromatic rings. The molecule has 254 valence electrons. The molecule has 0 unspecified atom stereocenters. The lowest BCUT2D eigenvalue weighted by Gasteiger charge is -2.19. The number of furan rings is 1. The Bertz CT molecular complexity index is 3490. The van der Waals surface area contributed by atoms with Crippen LogP contribution < -0.4 is 0 Å². The van der Waals surface area contributed by atoms with Crippen molar-refractivity contribution in [2.45, 2.75) is 0 Å². The smallest absolute Gasteiger partial charge is 0.136 e. The van der Waals surface area contributed by atoms with Gasteiger partial charge in [-0.3, -0.25) is 0 Å². The van der Waals surface area contributed by atoms with Gasteiger partial charge in [0.05, 0.1) is 0 Å². The van der Waals surface area contributed by atoms with Gasteiger partial charge in [0.15, 0.2) is 0 Å². The van der Waals surface area contributed by atoms with Crippen LogP contribution in [-0.4, -0.2) is 0 Å². The Hall–Kier alpha value is -7.22. The van der Waals surface area contributed by atoms with E-state index in [1.807, 2.05) is 0 Å². The summed E-state index contributed by atoms with van der Waals surface area (Å²) in [5.41, 5.74) is 9.16. The van der Waals surface area contributed by atoms with E-state index >= 15 is 0 Å². The van der Waals surface area contributed by atoms with Crippen LogP contribution in [0.25, 0.3) is 120 Å². The van der Waals surface area contributed by atoms with E-state index in [4.69, 9.17) is 4.42 Å². The molecule has 12 rings (SSSR count). The lowest BCUT2D eigenvalue weighted by molar-refractivity contribution is 0.669. The molecule has 0 saturated heterocycles. The quantitative estimate of drug-likeness (QED) is 0.132. The molecule has 0 aliphatic heterocycles. The SMILES string of the molecule is c1cc(-c2c3ccccc3c(-c3cc4oc5ccc6ccccc6c5c4c4ccccc34)c3ccccc23)cc(-c2cc3ccccc3c3ccccc23)c1. The van der Waals surface area contributed by atoms with E-state index < -0.39 is 0 Å². The van der Waals surface area contributed by atoms with Gasteiger partial charge in [-0.2, -0.15) is 0 Å². The van der Waals surface area contributed by atoms with Crippen LogP contribution in [-0.2, 0) is 0 Å². The highest BCUT2D eigenvalue weighted by molar-refractivity contribution is 6.31. The second-order valence-corrected chi connectivity index (χ2v) is 14.7. The third kappa shape index (κ3) is 4.41. The Morgan fingerprint density at radius 1 is 0.255 bits per heavy atom. The highest BCUT2D eigenvalue weighted by atomic mass is 16.3. The van der Waals surface area contributed by atoms with E-state index in [0.29, 0.717) is 0 Å². The molecule has 0 fully saturated rings. The molecule has 1 heterocycles. The molecule has 0 aliphatic carbocycles. The van der Waals surface area contributed by atoms with Crippen molar-refractivity contribution >= 4 is 86.6 Å². The van der Waals surface area contributed by atoms with Gasteiger partial charge >= 0.3 is 0 Å². The minimum absolute atomic E-state index is 0.910. The number of hydrogen-bond acceptors (Lipinski definition) is 1. The van der Waals surface area contributed by atoms with Gasteiger partial charge in [0.25, 0.3) is 0 Å². The molecule has 0 atom stereocenters. The molecule has 0 aliphatic rings. The summed E-state index contributed by atoms with van der Waals surface area (Å²) in [5, 5.41) is 17.2. The van der Waals surface area contributed by atoms with E-state index in [-0.39, 0.29) is 0 Å². The second-order valence-electron chi connectivity index (χ2n) is 14.7. The predicted molar refractivity (Wildman–Crippen MR) is 235 cm³/mol. The highest BCUT2D eigenvalue weighted by Gasteiger charge is 2.22. The monoisotopic (exact) mass is 696 g/mol. The Labute approximate surface area is 317 Å². The summed E-state index contributed by atoms with van der Waals surface area (Å²) in [6.07, 6.45) is 0. The van der Waals surface area contributed by atoms with E-state index in [1.54, 1.807) is 0 Å². The molecule has 1 heteroatoms. The first-order chi connectivity index (χ1) is 27.3. The van der Waals surface area contributed by atoms with Gasteiger partial charge in [0.1, 0.15) is 11.2 Å². The maximum absolute atomic E-state index is 6.76. The number of benzene rings is 11. The van der Waals surface area contributed by atoms with Crippen LogP contribution in [0.1, 0.15) is 0 Å². The third-order valence-electron chi connectivity index (χ3n) is 11.8. The molecular weight excluding hydrogens is 665 g/mol. The Balaban J connectivity index is 1.15. The van der Waals surface area contributed by atoms with E-state index in [0.717, 1.165) is 11.2 Å². The second kappa shape index (κ2) is 11.6. The predicted octanol–water partition coefficient (Wildman–Crippen LogP) is 15.5. The normalized spacial score (nSPS) is 12.0. The number of fused-ring (bicyclic) bond motifs is 12. The first kappa shape index (κ1) is 30.3. The van der Waals surface area contributed by atoms with Crippen molar-refractivity contribution in [3.8, 4) is 33.4 Å². The minimum Gasteiger partial charge on any atom is -0.456 e. The molecule has 0 amide bonds. The molecule has 1 aromatic heterocycles. The zero-order chi connectivity index (χ0) is 36.0. The lowest BCUT2D eigenvalue weighted by Crippen LogP contribution is -1.92. The van der Waals surface area contributed by atoms with E-state index in [1.165, 1.54) is 109 Å². The zero-order valence-electron chi connectivity index (χ0n) is 29.9. The largest absolute Gasteiger partial charge is 0.456 e. The van der Waals surface area contributed by atoms with Gasteiger partial charge in [0, 0.05) is 10.8 Å². The topological polar surface area (TPSA) is 13.1 Å². The molecule has 0 radical (unpaired) electrons. The molecular formula is C54H32O. The summed E-state index contributed by atoms with van der Waals surface area (Å²) in [7, 11) is 0. The first-order valence-corrected chi connectivity index (χ1v) is 19.0. The number of hydrogen-bond donors (Lipinski definition) is 0. The average molecular weight is 697 g/mol. The minimum atomic E-state index is 0.910. The maximum Gasteiger partial charge on any atom is 0.136 e. The molecule has 0 N–H and O–H groups in total. The van der Waals surface area contributed by atoms with Crippen LogP contribution >= 0.6 is 0 Å². The Morgan fingerprint density at radius 2 is 0.764 bits per heavy atom. The van der Waals surface area contributed by atoms with E-state index in [9.17, 15) is 0 Å². The summed E-state index contributed by atoms with van der Waals surface area (Å²) in [4.78, 5) is 0. The number of rotatable bonds is 3. The molecule has 11 aromatic carbocycles. The van der Waals surface area contributed by atoms with Crippen LogP contribution in [0, 0.1) is 0 Å². The van der Waals surface area contributed by atoms with Gasteiger partial charge in [0.2, 0.25) is 0 Å². The van der Waals surface area contributed by atoms with Crippen LogP contribution in [0.15, 0.2) is 199 Å². The summed E-state index contributed by atoms with van der Waals surface area (Å²) in [6, 6.07) is 71.0. The molecule has 0 saturated carbocycles. The molecule has 1 nitrogen and oxygen atoms in total. The van der Waals surface area contributed by atoms with Crippen molar-refractivity contribution in [1.82, 2.24) is 0 Å². The lowest BCUT2D eigenvalue weighted by atomic mass is 9.83. The van der Waals surface area contributed by atoms with E-state index in [2.05, 4.69) is 194 Å². The van der Waals surface area contributed by atoms with Gasteiger partial charge < -0.3 is 4.42 Å². The third-order valence-corrected chi connectivity index (χ3v) is 11.8. The highest BCUT2D eigenvalue weighted by Crippen LogP contribution is 2.49. The standard InChI is InChI=1S/C54H32O/c1-4-19-38-33(14-1)28-29-49-53(38)54-42-23-8-7-22-41(42)48(32-50(54)55-49)52-45-26-11-9-24-43(45)51(44-25-10-12-27-46(44)52)36-17-13-16-34(30-36)47-31-35-15-2-3-18-37(35)39-20-5-6-21-40(39)47/h1-32H. The van der Waals surface area contributed by atoms with Gasteiger partial charge in [-0.05, 0) is 122 Å². The first-order valence-electron chi connectivity index (χ1n) is 19.0. The van der Waals surface area contributed by atoms with Crippen LogP contribution in [0.2, 0.25) is 0 Å².